The molecule has 0 aliphatic heterocycles. The van der Waals surface area contributed by atoms with Crippen LogP contribution in [0.4, 0.5) is 0 Å². The molecule has 20 heavy (non-hydrogen) atoms. The maximum atomic E-state index is 5.15. The van der Waals surface area contributed by atoms with Crippen molar-refractivity contribution >= 4 is 5.57 Å². The molecule has 0 aromatic heterocycles. The summed E-state index contributed by atoms with van der Waals surface area (Å²) in [6.45, 7) is 6.40. The van der Waals surface area contributed by atoms with Crippen LogP contribution in [-0.2, 0) is 17.9 Å². The molecule has 0 aliphatic carbocycles. The first-order valence-corrected chi connectivity index (χ1v) is 6.80. The van der Waals surface area contributed by atoms with E-state index in [9.17, 15) is 0 Å². The van der Waals surface area contributed by atoms with Crippen molar-refractivity contribution in [3.05, 3.63) is 77.9 Å². The van der Waals surface area contributed by atoms with E-state index in [4.69, 9.17) is 4.74 Å². The number of methoxy groups -OCH3 is 1. The molecule has 0 atom stereocenters. The summed E-state index contributed by atoms with van der Waals surface area (Å²) in [5, 5.41) is 3.43. The van der Waals surface area contributed by atoms with Crippen molar-refractivity contribution in [2.24, 2.45) is 0 Å². The summed E-state index contributed by atoms with van der Waals surface area (Å²) in [5.74, 6) is 0. The molecule has 2 rings (SSSR count). The van der Waals surface area contributed by atoms with Crippen LogP contribution in [0.3, 0.4) is 0 Å². The van der Waals surface area contributed by atoms with Gasteiger partial charge in [0.05, 0.1) is 6.61 Å². The highest BCUT2D eigenvalue weighted by molar-refractivity contribution is 5.64. The molecule has 0 fully saturated rings. The Morgan fingerprint density at radius 2 is 1.80 bits per heavy atom. The van der Waals surface area contributed by atoms with Gasteiger partial charge in [0.1, 0.15) is 0 Å². The second-order valence-electron chi connectivity index (χ2n) is 4.83. The molecule has 2 nitrogen and oxygen atoms in total. The number of hydrogen-bond donors (Lipinski definition) is 1. The van der Waals surface area contributed by atoms with Crippen LogP contribution < -0.4 is 5.32 Å². The van der Waals surface area contributed by atoms with Gasteiger partial charge in [-0.3, -0.25) is 0 Å². The average Bonchev–Trinajstić information content (AvgIpc) is 2.49. The predicted molar refractivity (Wildman–Crippen MR) is 84.3 cm³/mol. The van der Waals surface area contributed by atoms with E-state index in [2.05, 4.69) is 48.3 Å². The van der Waals surface area contributed by atoms with Gasteiger partial charge in [0, 0.05) is 20.2 Å². The molecule has 0 saturated carbocycles. The minimum absolute atomic E-state index is 0.657. The van der Waals surface area contributed by atoms with Gasteiger partial charge in [-0.05, 0) is 22.3 Å². The summed E-state index contributed by atoms with van der Waals surface area (Å²) in [7, 11) is 1.72. The second kappa shape index (κ2) is 7.63. The Kier molecular flexibility index (Phi) is 5.54. The second-order valence-corrected chi connectivity index (χ2v) is 4.83. The monoisotopic (exact) mass is 267 g/mol. The van der Waals surface area contributed by atoms with E-state index in [1.165, 1.54) is 16.7 Å². The summed E-state index contributed by atoms with van der Waals surface area (Å²) in [5.41, 5.74) is 4.76. The van der Waals surface area contributed by atoms with Gasteiger partial charge in [0.15, 0.2) is 0 Å². The standard InChI is InChI=1S/C18H21NO/c1-15(18-9-4-3-5-10-18)12-19-13-16-7-6-8-17(11-16)14-20-2/h3-11,19H,1,12-14H2,2H3. The molecular formula is C18H21NO. The van der Waals surface area contributed by atoms with Crippen LogP contribution in [0.2, 0.25) is 0 Å². The molecule has 104 valence electrons. The highest BCUT2D eigenvalue weighted by Crippen LogP contribution is 2.11. The molecule has 0 heterocycles. The summed E-state index contributed by atoms with van der Waals surface area (Å²) in [4.78, 5) is 0. The summed E-state index contributed by atoms with van der Waals surface area (Å²) < 4.78 is 5.15. The zero-order valence-corrected chi connectivity index (χ0v) is 11.9. The van der Waals surface area contributed by atoms with Crippen LogP contribution in [0.15, 0.2) is 61.2 Å². The van der Waals surface area contributed by atoms with Crippen molar-refractivity contribution in [2.45, 2.75) is 13.2 Å². The molecule has 0 saturated heterocycles. The van der Waals surface area contributed by atoms with Gasteiger partial charge in [-0.1, -0.05) is 61.2 Å². The largest absolute Gasteiger partial charge is 0.380 e. The van der Waals surface area contributed by atoms with Crippen LogP contribution in [0.5, 0.6) is 0 Å². The minimum Gasteiger partial charge on any atom is -0.380 e. The summed E-state index contributed by atoms with van der Waals surface area (Å²) in [6.07, 6.45) is 0. The molecular weight excluding hydrogens is 246 g/mol. The van der Waals surface area contributed by atoms with Crippen LogP contribution in [0.25, 0.3) is 5.57 Å². The number of ether oxygens (including phenoxy) is 1. The molecule has 0 aliphatic rings. The third-order valence-corrected chi connectivity index (χ3v) is 3.15. The number of rotatable bonds is 7. The summed E-state index contributed by atoms with van der Waals surface area (Å²) >= 11 is 0. The van der Waals surface area contributed by atoms with Gasteiger partial charge >= 0.3 is 0 Å². The van der Waals surface area contributed by atoms with Crippen molar-refractivity contribution in [3.8, 4) is 0 Å². The molecule has 0 amide bonds. The van der Waals surface area contributed by atoms with Gasteiger partial charge in [-0.2, -0.15) is 0 Å². The van der Waals surface area contributed by atoms with E-state index in [1.54, 1.807) is 7.11 Å². The van der Waals surface area contributed by atoms with Crippen molar-refractivity contribution in [2.75, 3.05) is 13.7 Å². The van der Waals surface area contributed by atoms with E-state index in [0.717, 1.165) is 18.7 Å². The average molecular weight is 267 g/mol. The van der Waals surface area contributed by atoms with Gasteiger partial charge in [0.2, 0.25) is 0 Å². The first kappa shape index (κ1) is 14.5. The van der Waals surface area contributed by atoms with Crippen LogP contribution in [0, 0.1) is 0 Å². The third-order valence-electron chi connectivity index (χ3n) is 3.15. The molecule has 2 aromatic rings. The highest BCUT2D eigenvalue weighted by atomic mass is 16.5. The topological polar surface area (TPSA) is 21.3 Å². The molecule has 0 radical (unpaired) electrons. The fourth-order valence-electron chi connectivity index (χ4n) is 2.13. The first-order valence-electron chi connectivity index (χ1n) is 6.80. The van der Waals surface area contributed by atoms with Crippen molar-refractivity contribution < 1.29 is 4.74 Å². The molecule has 0 unspecified atom stereocenters. The molecule has 1 N–H and O–H groups in total. The maximum absolute atomic E-state index is 5.15. The SMILES string of the molecule is C=C(CNCc1cccc(COC)c1)c1ccccc1. The lowest BCUT2D eigenvalue weighted by Crippen LogP contribution is -2.15. The van der Waals surface area contributed by atoms with Crippen molar-refractivity contribution in [1.29, 1.82) is 0 Å². The maximum Gasteiger partial charge on any atom is 0.0713 e. The number of nitrogens with one attached hydrogen (secondary N) is 1. The van der Waals surface area contributed by atoms with Gasteiger partial charge in [-0.25, -0.2) is 0 Å². The molecule has 2 heteroatoms. The predicted octanol–water partition coefficient (Wildman–Crippen LogP) is 3.64. The van der Waals surface area contributed by atoms with E-state index in [1.807, 2.05) is 18.2 Å². The Morgan fingerprint density at radius 1 is 1.05 bits per heavy atom. The Balaban J connectivity index is 1.84. The zero-order chi connectivity index (χ0) is 14.2. The van der Waals surface area contributed by atoms with Crippen LogP contribution in [0.1, 0.15) is 16.7 Å². The van der Waals surface area contributed by atoms with E-state index >= 15 is 0 Å². The van der Waals surface area contributed by atoms with Gasteiger partial charge in [0.25, 0.3) is 0 Å². The van der Waals surface area contributed by atoms with Crippen LogP contribution in [-0.4, -0.2) is 13.7 Å². The van der Waals surface area contributed by atoms with Gasteiger partial charge < -0.3 is 10.1 Å². The number of hydrogen-bond acceptors (Lipinski definition) is 2. The van der Waals surface area contributed by atoms with E-state index in [0.29, 0.717) is 6.61 Å². The normalized spacial score (nSPS) is 10.4. The highest BCUT2D eigenvalue weighted by Gasteiger charge is 1.99. The lowest BCUT2D eigenvalue weighted by Gasteiger charge is -2.09. The van der Waals surface area contributed by atoms with Crippen LogP contribution >= 0.6 is 0 Å². The Morgan fingerprint density at radius 3 is 2.55 bits per heavy atom. The quantitative estimate of drug-likeness (QED) is 0.827. The Hall–Kier alpha value is -1.90. The third kappa shape index (κ3) is 4.34. The first-order chi connectivity index (χ1) is 9.79. The molecule has 0 spiro atoms. The minimum atomic E-state index is 0.657. The molecule has 0 bridgehead atoms. The Bertz CT molecular complexity index is 548. The van der Waals surface area contributed by atoms with E-state index < -0.39 is 0 Å². The zero-order valence-electron chi connectivity index (χ0n) is 11.9. The van der Waals surface area contributed by atoms with Crippen molar-refractivity contribution in [3.63, 3.8) is 0 Å². The lowest BCUT2D eigenvalue weighted by molar-refractivity contribution is 0.185. The summed E-state index contributed by atoms with van der Waals surface area (Å²) in [6, 6.07) is 18.7. The molecule has 2 aromatic carbocycles. The van der Waals surface area contributed by atoms with Crippen molar-refractivity contribution in [1.82, 2.24) is 5.32 Å². The van der Waals surface area contributed by atoms with E-state index in [-0.39, 0.29) is 0 Å². The lowest BCUT2D eigenvalue weighted by atomic mass is 10.1. The Labute approximate surface area is 121 Å². The van der Waals surface area contributed by atoms with Gasteiger partial charge in [-0.15, -0.1) is 0 Å². The fourth-order valence-corrected chi connectivity index (χ4v) is 2.13. The fraction of sp³-hybridized carbons (Fsp3) is 0.222. The smallest absolute Gasteiger partial charge is 0.0713 e. The number of benzene rings is 2.